The molecule has 7 N–H and O–H groups in total. The molecule has 4 aliphatic rings. The second kappa shape index (κ2) is 25.9. The van der Waals surface area contributed by atoms with Gasteiger partial charge in [-0.15, -0.1) is 0 Å². The van der Waals surface area contributed by atoms with E-state index in [4.69, 9.17) is 46.9 Å². The Morgan fingerprint density at radius 3 is 1.51 bits per heavy atom. The van der Waals surface area contributed by atoms with Crippen LogP contribution in [0, 0.1) is 0 Å². The number of aliphatic hydroxyl groups excluding tert-OH is 4. The van der Waals surface area contributed by atoms with E-state index >= 15 is 0 Å². The van der Waals surface area contributed by atoms with Gasteiger partial charge in [-0.1, -0.05) is 175 Å². The summed E-state index contributed by atoms with van der Waals surface area (Å²) in [6.45, 7) is 0. The Labute approximate surface area is 488 Å². The summed E-state index contributed by atoms with van der Waals surface area (Å²) in [5.74, 6) is -0.253. The minimum Gasteiger partial charge on any atom is -0.504 e. The Hall–Kier alpha value is -8.86. The lowest BCUT2D eigenvalue weighted by atomic mass is 9.92. The third-order valence-corrected chi connectivity index (χ3v) is 14.7. The Morgan fingerprint density at radius 2 is 0.904 bits per heavy atom. The number of ketones is 1. The van der Waals surface area contributed by atoms with Gasteiger partial charge in [-0.25, -0.2) is 4.79 Å². The molecule has 14 nitrogen and oxygen atoms in total. The molecule has 0 unspecified atom stereocenters. The van der Waals surface area contributed by atoms with E-state index in [1.807, 2.05) is 121 Å². The van der Waals surface area contributed by atoms with Gasteiger partial charge < -0.3 is 59.4 Å². The van der Waals surface area contributed by atoms with Crippen LogP contribution in [0.1, 0.15) is 90.2 Å². The van der Waals surface area contributed by atoms with Crippen LogP contribution in [0.25, 0.3) is 0 Å². The number of rotatable bonds is 6. The first kappa shape index (κ1) is 57.4. The van der Waals surface area contributed by atoms with E-state index in [9.17, 15) is 45.3 Å². The summed E-state index contributed by atoms with van der Waals surface area (Å²) in [7, 11) is 0. The molecule has 4 heterocycles. The van der Waals surface area contributed by atoms with Crippen molar-refractivity contribution >= 4 is 35.0 Å². The van der Waals surface area contributed by atoms with Gasteiger partial charge >= 0.3 is 5.97 Å². The van der Waals surface area contributed by atoms with Crippen molar-refractivity contribution in [2.24, 2.45) is 0 Å². The third kappa shape index (κ3) is 13.3. The molecule has 0 aromatic heterocycles. The van der Waals surface area contributed by atoms with E-state index in [1.54, 1.807) is 84.9 Å². The predicted molar refractivity (Wildman–Crippen MR) is 310 cm³/mol. The number of benzene rings is 9. The smallest absolute Gasteiger partial charge is 0.338 e. The molecule has 0 bridgehead atoms. The van der Waals surface area contributed by atoms with Crippen LogP contribution in [0.5, 0.6) is 40.2 Å². The number of ether oxygens (including phenoxy) is 5. The van der Waals surface area contributed by atoms with Gasteiger partial charge in [-0.05, 0) is 100 Å². The standard InChI is InChI=1S/C22H18O6.C15H13ClO3.C15H11ClO3.C15H14O2/c23-16-10-15(11-17(24)20(16)25)22(26)28-19-12-14-8-4-5-9-18(14)27-21(19)13-6-2-1-3-7-13;2*16-10-5-3-4-9(8-10)15-14(18)13(17)11-6-1-2-7-12(11)19-15;16-13-10-12-8-4-5-9-14(12)17-15(13)11-6-2-1-3-7-11/h1-11,19,21,23-25H,12H2;1-8,13-15,17-18H;1-8,14-15,18H;1-9,13,15-16H,10H2/t19-,21+;13-,14-,15+;14-,15+;13-,15+/m0000/s1. The van der Waals surface area contributed by atoms with E-state index in [1.165, 1.54) is 0 Å². The number of carbonyl (C=O) groups excluding carboxylic acids is 2. The Bertz CT molecular complexity index is 3690. The highest BCUT2D eigenvalue weighted by molar-refractivity contribution is 6.31. The molecule has 0 fully saturated rings. The van der Waals surface area contributed by atoms with Gasteiger partial charge in [0.15, 0.2) is 47.4 Å². The number of phenolic OH excluding ortho intramolecular Hbond substituents is 3. The van der Waals surface area contributed by atoms with E-state index < -0.39 is 72.0 Å². The van der Waals surface area contributed by atoms with Gasteiger partial charge in [0.05, 0.1) is 17.2 Å². The molecular weight excluding hydrogens is 1100 g/mol. The first-order valence-electron chi connectivity index (χ1n) is 26.5. The molecule has 0 radical (unpaired) electrons. The van der Waals surface area contributed by atoms with Gasteiger partial charge in [-0.3, -0.25) is 4.79 Å². The molecule has 9 aromatic carbocycles. The number of phenols is 3. The number of hydrogen-bond acceptors (Lipinski definition) is 14. The Balaban J connectivity index is 0.000000126. The largest absolute Gasteiger partial charge is 0.504 e. The van der Waals surface area contributed by atoms with Crippen LogP contribution < -0.4 is 18.9 Å². The fourth-order valence-corrected chi connectivity index (χ4v) is 10.5. The van der Waals surface area contributed by atoms with Crippen molar-refractivity contribution in [2.45, 2.75) is 67.8 Å². The molecule has 83 heavy (non-hydrogen) atoms. The maximum atomic E-state index is 12.6. The SMILES string of the molecule is O=C(O[C@H]1Cc2ccccc2O[C@@H]1c1ccccc1)c1cc(O)c(O)c(O)c1.O=C1c2ccccc2O[C@H](c2cccc(Cl)c2)[C@H]1O.O[C@@H]1[C@@H](c2cccc(Cl)c2)Oc2ccccc2[C@@H]1O.O[C@H]1Cc2ccccc2O[C@@H]1c1ccccc1. The number of halogens is 2. The molecular formula is C67H56Cl2O14. The van der Waals surface area contributed by atoms with E-state index in [-0.39, 0.29) is 17.5 Å². The van der Waals surface area contributed by atoms with Crippen molar-refractivity contribution in [3.05, 3.63) is 279 Å². The number of carbonyl (C=O) groups is 2. The molecule has 0 saturated carbocycles. The van der Waals surface area contributed by atoms with Gasteiger partial charge in [0.2, 0.25) is 0 Å². The topological polar surface area (TPSA) is 222 Å². The van der Waals surface area contributed by atoms with Crippen molar-refractivity contribution in [3.63, 3.8) is 0 Å². The predicted octanol–water partition coefficient (Wildman–Crippen LogP) is 12.3. The Kier molecular flexibility index (Phi) is 17.9. The zero-order valence-electron chi connectivity index (χ0n) is 44.1. The Morgan fingerprint density at radius 1 is 0.446 bits per heavy atom. The summed E-state index contributed by atoms with van der Waals surface area (Å²) in [5.41, 5.74) is 6.26. The molecule has 9 atom stereocenters. The van der Waals surface area contributed by atoms with Gasteiger partial charge in [0, 0.05) is 28.5 Å². The lowest BCUT2D eigenvalue weighted by Gasteiger charge is -2.34. The van der Waals surface area contributed by atoms with Crippen molar-refractivity contribution in [1.29, 1.82) is 0 Å². The average Bonchev–Trinajstić information content (AvgIpc) is 3.67. The molecule has 16 heteroatoms. The molecule has 0 spiro atoms. The number of hydrogen-bond donors (Lipinski definition) is 7. The number of Topliss-reactive ketones (excluding diaryl/α,β-unsaturated/α-hetero) is 1. The highest BCUT2D eigenvalue weighted by atomic mass is 35.5. The van der Waals surface area contributed by atoms with Crippen molar-refractivity contribution < 1.29 is 69.0 Å². The lowest BCUT2D eigenvalue weighted by Crippen LogP contribution is -2.36. The van der Waals surface area contributed by atoms with Crippen LogP contribution in [-0.4, -0.2) is 71.9 Å². The zero-order valence-corrected chi connectivity index (χ0v) is 45.7. The third-order valence-electron chi connectivity index (χ3n) is 14.3. The fraction of sp³-hybridized carbons (Fsp3) is 0.164. The van der Waals surface area contributed by atoms with Crippen molar-refractivity contribution in [1.82, 2.24) is 0 Å². The van der Waals surface area contributed by atoms with Crippen molar-refractivity contribution in [3.8, 4) is 40.2 Å². The quantitative estimate of drug-likeness (QED) is 0.0608. The number of esters is 1. The summed E-state index contributed by atoms with van der Waals surface area (Å²) in [4.78, 5) is 24.8. The minimum absolute atomic E-state index is 0.0709. The average molecular weight is 1160 g/mol. The number of fused-ring (bicyclic) bond motifs is 4. The first-order chi connectivity index (χ1) is 40.2. The first-order valence-corrected chi connectivity index (χ1v) is 27.3. The second-order valence-electron chi connectivity index (χ2n) is 19.9. The van der Waals surface area contributed by atoms with E-state index in [2.05, 4.69) is 0 Å². The van der Waals surface area contributed by atoms with Crippen LogP contribution in [0.3, 0.4) is 0 Å². The van der Waals surface area contributed by atoms with Gasteiger partial charge in [-0.2, -0.15) is 0 Å². The molecule has 9 aromatic rings. The van der Waals surface area contributed by atoms with Gasteiger partial charge in [0.25, 0.3) is 0 Å². The minimum atomic E-state index is -1.21. The van der Waals surface area contributed by atoms with E-state index in [0.717, 1.165) is 51.4 Å². The van der Waals surface area contributed by atoms with Crippen LogP contribution in [0.2, 0.25) is 10.0 Å². The molecule has 4 aliphatic heterocycles. The number of aromatic hydroxyl groups is 3. The normalized spacial score (nSPS) is 21.5. The fourth-order valence-electron chi connectivity index (χ4n) is 10.1. The van der Waals surface area contributed by atoms with E-state index in [0.29, 0.717) is 51.1 Å². The van der Waals surface area contributed by atoms with Gasteiger partial charge in [0.1, 0.15) is 47.4 Å². The molecule has 0 aliphatic carbocycles. The monoisotopic (exact) mass is 1150 g/mol. The van der Waals surface area contributed by atoms with Crippen LogP contribution in [0.15, 0.2) is 218 Å². The molecule has 0 saturated heterocycles. The summed E-state index contributed by atoms with van der Waals surface area (Å²) in [6, 6.07) is 65.0. The summed E-state index contributed by atoms with van der Waals surface area (Å²) in [6.07, 6.45) is -5.28. The molecule has 422 valence electrons. The number of para-hydroxylation sites is 4. The second-order valence-corrected chi connectivity index (χ2v) is 20.7. The maximum Gasteiger partial charge on any atom is 0.338 e. The maximum absolute atomic E-state index is 12.6. The summed E-state index contributed by atoms with van der Waals surface area (Å²) < 4.78 is 29.2. The van der Waals surface area contributed by atoms with Crippen molar-refractivity contribution in [2.75, 3.05) is 0 Å². The zero-order chi connectivity index (χ0) is 58.1. The molecule has 0 amide bonds. The number of aliphatic hydroxyl groups is 4. The highest BCUT2D eigenvalue weighted by Crippen LogP contribution is 2.43. The van der Waals surface area contributed by atoms with Crippen LogP contribution >= 0.6 is 23.2 Å². The van der Waals surface area contributed by atoms with Crippen LogP contribution in [-0.2, 0) is 17.6 Å². The lowest BCUT2D eigenvalue weighted by molar-refractivity contribution is -0.0699. The molecule has 13 rings (SSSR count). The summed E-state index contributed by atoms with van der Waals surface area (Å²) in [5, 5.41) is 70.5. The highest BCUT2D eigenvalue weighted by Gasteiger charge is 2.39. The summed E-state index contributed by atoms with van der Waals surface area (Å²) >= 11 is 11.9. The van der Waals surface area contributed by atoms with Crippen LogP contribution in [0.4, 0.5) is 0 Å².